The van der Waals surface area contributed by atoms with Crippen molar-refractivity contribution in [3.05, 3.63) is 54.0 Å². The molecule has 1 aliphatic heterocycles. The summed E-state index contributed by atoms with van der Waals surface area (Å²) in [5.74, 6) is 0. The Morgan fingerprint density at radius 2 is 1.96 bits per heavy atom. The van der Waals surface area contributed by atoms with Gasteiger partial charge in [0.2, 0.25) is 0 Å². The minimum atomic E-state index is -1.01. The van der Waals surface area contributed by atoms with E-state index in [4.69, 9.17) is 20.5 Å². The normalized spacial score (nSPS) is 26.3. The lowest BCUT2D eigenvalue weighted by Gasteiger charge is -2.18. The molecule has 0 radical (unpaired) electrons. The minimum Gasteiger partial charge on any atom is -0.382 e. The molecule has 0 N–H and O–H groups in total. The molecule has 1 saturated heterocycles. The second-order valence-corrected chi connectivity index (χ2v) is 4.81. The largest absolute Gasteiger partial charge is 0.382 e. The summed E-state index contributed by atoms with van der Waals surface area (Å²) < 4.78 is 12.7. The zero-order chi connectivity index (χ0) is 17.0. The monoisotopic (exact) mass is 322 g/mol. The van der Waals surface area contributed by atoms with Gasteiger partial charge in [0.15, 0.2) is 0 Å². The maximum Gasteiger partial charge on any atom is 0.332 e. The Bertz CT molecular complexity index is 788. The van der Waals surface area contributed by atoms with Crippen molar-refractivity contribution in [2.24, 2.45) is 17.3 Å². The second-order valence-electron chi connectivity index (χ2n) is 4.81. The first-order chi connectivity index (χ1) is 11.0. The van der Waals surface area contributed by atoms with E-state index in [0.717, 1.165) is 9.13 Å². The van der Waals surface area contributed by atoms with Crippen LogP contribution < -0.4 is 11.2 Å². The molecule has 0 unspecified atom stereocenters. The molecule has 1 aliphatic rings. The Hall–Kier alpha value is -2.78. The van der Waals surface area contributed by atoms with Crippen LogP contribution in [0.1, 0.15) is 6.23 Å². The van der Waals surface area contributed by atoms with Gasteiger partial charge in [-0.2, -0.15) is 0 Å². The van der Waals surface area contributed by atoms with Gasteiger partial charge in [-0.3, -0.25) is 13.9 Å². The van der Waals surface area contributed by atoms with E-state index in [1.165, 1.54) is 26.4 Å². The molecule has 0 amide bonds. The van der Waals surface area contributed by atoms with Gasteiger partial charge in [-0.05, 0) is 11.1 Å². The zero-order valence-corrected chi connectivity index (χ0v) is 12.4. The van der Waals surface area contributed by atoms with Crippen LogP contribution in [0.3, 0.4) is 0 Å². The Balaban J connectivity index is 2.54. The van der Waals surface area contributed by atoms with E-state index in [9.17, 15) is 9.59 Å². The van der Waals surface area contributed by atoms with Crippen LogP contribution in [0, 0.1) is 0 Å². The Morgan fingerprint density at radius 3 is 2.57 bits per heavy atom. The van der Waals surface area contributed by atoms with E-state index < -0.39 is 35.7 Å². The van der Waals surface area contributed by atoms with Crippen LogP contribution in [-0.4, -0.2) is 41.0 Å². The highest BCUT2D eigenvalue weighted by Gasteiger charge is 2.45. The van der Waals surface area contributed by atoms with Gasteiger partial charge in [-0.15, -0.1) is 0 Å². The topological polar surface area (TPSA) is 160 Å². The number of nitrogens with zero attached hydrogens (tertiary/aromatic N) is 8. The van der Waals surface area contributed by atoms with Gasteiger partial charge in [0.25, 0.3) is 5.56 Å². The summed E-state index contributed by atoms with van der Waals surface area (Å²) in [6.07, 6.45) is -0.459. The highest BCUT2D eigenvalue weighted by Crippen LogP contribution is 2.33. The third-order valence-electron chi connectivity index (χ3n) is 3.53. The number of hydrogen-bond acceptors (Lipinski definition) is 6. The third kappa shape index (κ3) is 3.05. The summed E-state index contributed by atoms with van der Waals surface area (Å²) in [7, 11) is 2.75. The summed E-state index contributed by atoms with van der Waals surface area (Å²) in [6, 6.07) is -0.611. The SMILES string of the molecule is COC[C@H]1O[C@@H](n2ccc(=O)n(C)c2=O)[C@H](N=[N+]=[N-])[C@H]1N=[N+]=[N-]. The molecule has 23 heavy (non-hydrogen) atoms. The van der Waals surface area contributed by atoms with Crippen LogP contribution in [-0.2, 0) is 16.5 Å². The molecule has 12 nitrogen and oxygen atoms in total. The van der Waals surface area contributed by atoms with Crippen LogP contribution in [0.2, 0.25) is 0 Å². The van der Waals surface area contributed by atoms with Gasteiger partial charge in [0, 0.05) is 36.2 Å². The highest BCUT2D eigenvalue weighted by atomic mass is 16.6. The molecule has 0 bridgehead atoms. The quantitative estimate of drug-likeness (QED) is 0.437. The van der Waals surface area contributed by atoms with Crippen LogP contribution in [0.15, 0.2) is 32.1 Å². The van der Waals surface area contributed by atoms with Crippen molar-refractivity contribution in [1.82, 2.24) is 9.13 Å². The maximum absolute atomic E-state index is 12.2. The molecular formula is C11H14N8O4. The van der Waals surface area contributed by atoms with Gasteiger partial charge in [-0.1, -0.05) is 10.2 Å². The molecule has 0 spiro atoms. The minimum absolute atomic E-state index is 0.0815. The summed E-state index contributed by atoms with van der Waals surface area (Å²) in [4.78, 5) is 29.2. The summed E-state index contributed by atoms with van der Waals surface area (Å²) in [5, 5.41) is 7.19. The lowest BCUT2D eigenvalue weighted by atomic mass is 10.1. The summed E-state index contributed by atoms with van der Waals surface area (Å²) in [6.45, 7) is 0.0815. The summed E-state index contributed by atoms with van der Waals surface area (Å²) >= 11 is 0. The van der Waals surface area contributed by atoms with E-state index in [2.05, 4.69) is 20.1 Å². The molecule has 1 aromatic rings. The standard InChI is InChI=1S/C11H14N8O4/c1-18-7(20)3-4-19(11(18)21)10-9(15-17-13)8(14-16-12)6(23-10)5-22-2/h3-4,6,8-10H,5H2,1-2H3/t6-,8+,9-,10-/m1/s1. The highest BCUT2D eigenvalue weighted by molar-refractivity contribution is 5.01. The molecule has 2 rings (SSSR count). The molecule has 1 aromatic heterocycles. The molecule has 4 atom stereocenters. The maximum atomic E-state index is 12.2. The zero-order valence-electron chi connectivity index (χ0n) is 12.4. The summed E-state index contributed by atoms with van der Waals surface area (Å²) in [5.41, 5.74) is 16.3. The van der Waals surface area contributed by atoms with Crippen LogP contribution in [0.25, 0.3) is 20.9 Å². The van der Waals surface area contributed by atoms with Gasteiger partial charge < -0.3 is 9.47 Å². The average Bonchev–Trinajstić information content (AvgIpc) is 2.85. The fourth-order valence-corrected chi connectivity index (χ4v) is 2.43. The first-order valence-corrected chi connectivity index (χ1v) is 6.56. The number of hydrogen-bond donors (Lipinski definition) is 0. The first-order valence-electron chi connectivity index (χ1n) is 6.56. The van der Waals surface area contributed by atoms with Crippen molar-refractivity contribution in [1.29, 1.82) is 0 Å². The van der Waals surface area contributed by atoms with Crippen LogP contribution >= 0.6 is 0 Å². The first kappa shape index (κ1) is 16.6. The molecule has 0 saturated carbocycles. The predicted molar refractivity (Wildman–Crippen MR) is 77.6 cm³/mol. The molecule has 0 aromatic carbocycles. The van der Waals surface area contributed by atoms with E-state index in [0.29, 0.717) is 0 Å². The lowest BCUT2D eigenvalue weighted by molar-refractivity contribution is -0.0389. The lowest BCUT2D eigenvalue weighted by Crippen LogP contribution is -2.41. The van der Waals surface area contributed by atoms with Crippen molar-refractivity contribution in [3.8, 4) is 0 Å². The number of azide groups is 2. The fourth-order valence-electron chi connectivity index (χ4n) is 2.43. The van der Waals surface area contributed by atoms with Crippen molar-refractivity contribution in [2.75, 3.05) is 13.7 Å². The molecule has 1 fully saturated rings. The Labute approximate surface area is 129 Å². The molecular weight excluding hydrogens is 308 g/mol. The van der Waals surface area contributed by atoms with Gasteiger partial charge >= 0.3 is 5.69 Å². The van der Waals surface area contributed by atoms with Crippen LogP contribution in [0.4, 0.5) is 0 Å². The van der Waals surface area contributed by atoms with Crippen LogP contribution in [0.5, 0.6) is 0 Å². The van der Waals surface area contributed by atoms with E-state index in [-0.39, 0.29) is 6.61 Å². The average molecular weight is 322 g/mol. The van der Waals surface area contributed by atoms with Crippen molar-refractivity contribution < 1.29 is 9.47 Å². The number of ether oxygens (including phenoxy) is 2. The molecule has 12 heteroatoms. The Morgan fingerprint density at radius 1 is 1.30 bits per heavy atom. The van der Waals surface area contributed by atoms with Crippen molar-refractivity contribution in [2.45, 2.75) is 24.4 Å². The fraction of sp³-hybridized carbons (Fsp3) is 0.636. The van der Waals surface area contributed by atoms with Gasteiger partial charge in [0.05, 0.1) is 24.8 Å². The number of methoxy groups -OCH3 is 1. The third-order valence-corrected chi connectivity index (χ3v) is 3.53. The van der Waals surface area contributed by atoms with E-state index in [1.807, 2.05) is 0 Å². The number of aromatic nitrogens is 2. The van der Waals surface area contributed by atoms with E-state index in [1.54, 1.807) is 0 Å². The smallest absolute Gasteiger partial charge is 0.332 e. The molecule has 0 aliphatic carbocycles. The van der Waals surface area contributed by atoms with Crippen molar-refractivity contribution >= 4 is 0 Å². The Kier molecular flexibility index (Phi) is 5.04. The van der Waals surface area contributed by atoms with Gasteiger partial charge in [-0.25, -0.2) is 4.79 Å². The van der Waals surface area contributed by atoms with Gasteiger partial charge in [0.1, 0.15) is 6.23 Å². The van der Waals surface area contributed by atoms with E-state index >= 15 is 0 Å². The molecule has 2 heterocycles. The second kappa shape index (κ2) is 6.99. The predicted octanol–water partition coefficient (Wildman–Crippen LogP) is 0.449. The number of rotatable bonds is 5. The molecule has 122 valence electrons. The van der Waals surface area contributed by atoms with Crippen molar-refractivity contribution in [3.63, 3.8) is 0 Å².